The lowest BCUT2D eigenvalue weighted by Gasteiger charge is -2.13. The standard InChI is InChI=1S/C10H12O4/c1-3-8-6-13-9(11)4-5-10(12)14-7(8)2/h4-7H,3H2,1-2H3/b5-4-,8-6-. The van der Waals surface area contributed by atoms with Crippen LogP contribution < -0.4 is 0 Å². The average Bonchev–Trinajstić information content (AvgIpc) is 2.19. The lowest BCUT2D eigenvalue weighted by molar-refractivity contribution is -0.140. The number of ether oxygens (including phenoxy) is 2. The molecule has 0 bridgehead atoms. The van der Waals surface area contributed by atoms with E-state index in [4.69, 9.17) is 9.47 Å². The van der Waals surface area contributed by atoms with Crippen LogP contribution in [0.25, 0.3) is 0 Å². The van der Waals surface area contributed by atoms with Crippen molar-refractivity contribution in [1.29, 1.82) is 0 Å². The fourth-order valence-electron chi connectivity index (χ4n) is 1.06. The van der Waals surface area contributed by atoms with Crippen molar-refractivity contribution in [1.82, 2.24) is 0 Å². The third-order valence-electron chi connectivity index (χ3n) is 1.91. The molecule has 0 saturated carbocycles. The Kier molecular flexibility index (Phi) is 3.45. The van der Waals surface area contributed by atoms with E-state index in [-0.39, 0.29) is 6.10 Å². The van der Waals surface area contributed by atoms with Crippen molar-refractivity contribution in [3.8, 4) is 0 Å². The largest absolute Gasteiger partial charge is 0.455 e. The minimum Gasteiger partial charge on any atom is -0.455 e. The van der Waals surface area contributed by atoms with Gasteiger partial charge in [-0.1, -0.05) is 6.92 Å². The highest BCUT2D eigenvalue weighted by Gasteiger charge is 2.14. The van der Waals surface area contributed by atoms with Gasteiger partial charge in [-0.25, -0.2) is 9.59 Å². The summed E-state index contributed by atoms with van der Waals surface area (Å²) in [6.07, 6.45) is 3.76. The Hall–Kier alpha value is -1.58. The predicted molar refractivity (Wildman–Crippen MR) is 49.2 cm³/mol. The van der Waals surface area contributed by atoms with Gasteiger partial charge in [0.1, 0.15) is 6.10 Å². The normalized spacial score (nSPS) is 28.7. The zero-order valence-corrected chi connectivity index (χ0v) is 8.15. The van der Waals surface area contributed by atoms with Crippen molar-refractivity contribution in [2.24, 2.45) is 0 Å². The van der Waals surface area contributed by atoms with E-state index in [2.05, 4.69) is 0 Å². The summed E-state index contributed by atoms with van der Waals surface area (Å²) < 4.78 is 9.76. The second-order valence-corrected chi connectivity index (χ2v) is 2.90. The highest BCUT2D eigenvalue weighted by molar-refractivity contribution is 5.92. The second-order valence-electron chi connectivity index (χ2n) is 2.90. The molecular formula is C10H12O4. The van der Waals surface area contributed by atoms with Gasteiger partial charge in [-0.05, 0) is 13.3 Å². The van der Waals surface area contributed by atoms with Gasteiger partial charge in [0.15, 0.2) is 0 Å². The second kappa shape index (κ2) is 4.60. The van der Waals surface area contributed by atoms with Crippen molar-refractivity contribution in [2.75, 3.05) is 0 Å². The van der Waals surface area contributed by atoms with Gasteiger partial charge in [0.2, 0.25) is 0 Å². The molecule has 0 aromatic carbocycles. The van der Waals surface area contributed by atoms with Gasteiger partial charge in [0.25, 0.3) is 0 Å². The first kappa shape index (κ1) is 10.5. The third kappa shape index (κ3) is 2.73. The zero-order chi connectivity index (χ0) is 10.6. The molecule has 0 aliphatic carbocycles. The number of rotatable bonds is 1. The summed E-state index contributed by atoms with van der Waals surface area (Å²) in [6, 6.07) is 0. The van der Waals surface area contributed by atoms with Crippen LogP contribution in [0.15, 0.2) is 24.0 Å². The van der Waals surface area contributed by atoms with Crippen LogP contribution in [-0.2, 0) is 19.1 Å². The van der Waals surface area contributed by atoms with E-state index >= 15 is 0 Å². The summed E-state index contributed by atoms with van der Waals surface area (Å²) in [4.78, 5) is 22.0. The predicted octanol–water partition coefficient (Wildman–Crippen LogP) is 1.32. The van der Waals surface area contributed by atoms with E-state index in [1.807, 2.05) is 6.92 Å². The fourth-order valence-corrected chi connectivity index (χ4v) is 1.06. The molecule has 76 valence electrons. The molecule has 0 N–H and O–H groups in total. The summed E-state index contributed by atoms with van der Waals surface area (Å²) in [5.74, 6) is -1.10. The van der Waals surface area contributed by atoms with Crippen LogP contribution in [-0.4, -0.2) is 18.0 Å². The molecule has 0 fully saturated rings. The molecule has 0 aromatic heterocycles. The molecule has 14 heavy (non-hydrogen) atoms. The van der Waals surface area contributed by atoms with E-state index in [0.717, 1.165) is 17.7 Å². The van der Waals surface area contributed by atoms with E-state index < -0.39 is 11.9 Å². The highest BCUT2D eigenvalue weighted by atomic mass is 16.5. The van der Waals surface area contributed by atoms with Gasteiger partial charge >= 0.3 is 11.9 Å². The van der Waals surface area contributed by atoms with Gasteiger partial charge in [-0.3, -0.25) is 0 Å². The van der Waals surface area contributed by atoms with Gasteiger partial charge in [-0.2, -0.15) is 0 Å². The van der Waals surface area contributed by atoms with Crippen molar-refractivity contribution < 1.29 is 19.1 Å². The molecule has 1 unspecified atom stereocenters. The highest BCUT2D eigenvalue weighted by Crippen LogP contribution is 2.12. The number of carbonyl (C=O) groups is 2. The molecule has 0 radical (unpaired) electrons. The SMILES string of the molecule is CC/C1=C/OC(=O)/C=C\C(=O)OC1C. The maximum atomic E-state index is 11.1. The molecular weight excluding hydrogens is 184 g/mol. The smallest absolute Gasteiger partial charge is 0.335 e. The van der Waals surface area contributed by atoms with Crippen molar-refractivity contribution in [3.05, 3.63) is 24.0 Å². The molecule has 1 atom stereocenters. The van der Waals surface area contributed by atoms with Crippen molar-refractivity contribution in [3.63, 3.8) is 0 Å². The lowest BCUT2D eigenvalue weighted by atomic mass is 10.1. The maximum Gasteiger partial charge on any atom is 0.335 e. The Bertz CT molecular complexity index is 301. The van der Waals surface area contributed by atoms with Gasteiger partial charge in [-0.15, -0.1) is 0 Å². The lowest BCUT2D eigenvalue weighted by Crippen LogP contribution is -2.15. The third-order valence-corrected chi connectivity index (χ3v) is 1.91. The summed E-state index contributed by atoms with van der Waals surface area (Å²) in [7, 11) is 0. The molecule has 1 aliphatic heterocycles. The Morgan fingerprint density at radius 3 is 2.57 bits per heavy atom. The van der Waals surface area contributed by atoms with Gasteiger partial charge < -0.3 is 9.47 Å². The minimum atomic E-state index is -0.568. The summed E-state index contributed by atoms with van der Waals surface area (Å²) in [6.45, 7) is 3.63. The zero-order valence-electron chi connectivity index (χ0n) is 8.15. The fraction of sp³-hybridized carbons (Fsp3) is 0.400. The first-order chi connectivity index (χ1) is 6.63. The first-order valence-corrected chi connectivity index (χ1v) is 4.41. The summed E-state index contributed by atoms with van der Waals surface area (Å²) in [5.41, 5.74) is 0.774. The number of esters is 2. The Balaban J connectivity index is 2.87. The Morgan fingerprint density at radius 1 is 1.29 bits per heavy atom. The van der Waals surface area contributed by atoms with E-state index in [1.165, 1.54) is 6.26 Å². The summed E-state index contributed by atoms with van der Waals surface area (Å²) >= 11 is 0. The number of carbonyl (C=O) groups excluding carboxylic acids is 2. The maximum absolute atomic E-state index is 11.1. The van der Waals surface area contributed by atoms with Gasteiger partial charge in [0.05, 0.1) is 6.26 Å². The Labute approximate surface area is 82.2 Å². The van der Waals surface area contributed by atoms with Crippen LogP contribution in [0.5, 0.6) is 0 Å². The van der Waals surface area contributed by atoms with E-state index in [9.17, 15) is 9.59 Å². The number of hydrogen-bond acceptors (Lipinski definition) is 4. The topological polar surface area (TPSA) is 52.6 Å². The Morgan fingerprint density at radius 2 is 1.93 bits per heavy atom. The monoisotopic (exact) mass is 196 g/mol. The van der Waals surface area contributed by atoms with Crippen molar-refractivity contribution in [2.45, 2.75) is 26.4 Å². The molecule has 1 aliphatic rings. The minimum absolute atomic E-state index is 0.358. The molecule has 4 heteroatoms. The van der Waals surface area contributed by atoms with Crippen LogP contribution in [0.1, 0.15) is 20.3 Å². The molecule has 1 heterocycles. The van der Waals surface area contributed by atoms with Crippen LogP contribution in [0.3, 0.4) is 0 Å². The number of hydrogen-bond donors (Lipinski definition) is 0. The average molecular weight is 196 g/mol. The van der Waals surface area contributed by atoms with Gasteiger partial charge in [0, 0.05) is 17.7 Å². The van der Waals surface area contributed by atoms with E-state index in [0.29, 0.717) is 6.42 Å². The van der Waals surface area contributed by atoms with Crippen LogP contribution in [0.2, 0.25) is 0 Å². The van der Waals surface area contributed by atoms with E-state index in [1.54, 1.807) is 6.92 Å². The molecule has 1 rings (SSSR count). The van der Waals surface area contributed by atoms with Crippen LogP contribution >= 0.6 is 0 Å². The van der Waals surface area contributed by atoms with Crippen LogP contribution in [0.4, 0.5) is 0 Å². The van der Waals surface area contributed by atoms with Crippen molar-refractivity contribution >= 4 is 11.9 Å². The number of cyclic esters (lactones) is 2. The molecule has 4 nitrogen and oxygen atoms in total. The molecule has 0 aromatic rings. The molecule has 0 saturated heterocycles. The summed E-state index contributed by atoms with van der Waals surface area (Å²) in [5, 5.41) is 0. The quantitative estimate of drug-likeness (QED) is 0.593. The van der Waals surface area contributed by atoms with Crippen LogP contribution in [0, 0.1) is 0 Å². The molecule has 0 spiro atoms. The molecule has 0 amide bonds. The first-order valence-electron chi connectivity index (χ1n) is 4.41.